The molecule has 0 radical (unpaired) electrons. The van der Waals surface area contributed by atoms with Gasteiger partial charge >= 0.3 is 13.3 Å². The fourth-order valence-electron chi connectivity index (χ4n) is 2.10. The SMILES string of the molecule is OB(O)C=CC1(c2ccccc2C(F)(F)F)CC1. The van der Waals surface area contributed by atoms with Gasteiger partial charge in [-0.05, 0) is 24.5 Å². The van der Waals surface area contributed by atoms with Gasteiger partial charge in [-0.1, -0.05) is 30.3 Å². The summed E-state index contributed by atoms with van der Waals surface area (Å²) >= 11 is 0. The lowest BCUT2D eigenvalue weighted by Crippen LogP contribution is -2.16. The van der Waals surface area contributed by atoms with Gasteiger partial charge in [0.25, 0.3) is 0 Å². The second-order valence-corrected chi connectivity index (χ2v) is 4.47. The van der Waals surface area contributed by atoms with Crippen LogP contribution in [0.25, 0.3) is 0 Å². The topological polar surface area (TPSA) is 40.5 Å². The molecule has 0 aromatic heterocycles. The molecule has 96 valence electrons. The van der Waals surface area contributed by atoms with E-state index in [2.05, 4.69) is 0 Å². The van der Waals surface area contributed by atoms with Gasteiger partial charge in [0.15, 0.2) is 0 Å². The Balaban J connectivity index is 2.40. The molecular weight excluding hydrogens is 244 g/mol. The van der Waals surface area contributed by atoms with Crippen LogP contribution in [0.2, 0.25) is 0 Å². The predicted molar refractivity (Wildman–Crippen MR) is 61.7 cm³/mol. The Morgan fingerprint density at radius 1 is 1.17 bits per heavy atom. The van der Waals surface area contributed by atoms with Crippen LogP contribution in [-0.4, -0.2) is 17.2 Å². The molecule has 1 aliphatic carbocycles. The maximum Gasteiger partial charge on any atom is 0.480 e. The minimum Gasteiger partial charge on any atom is -0.424 e. The summed E-state index contributed by atoms with van der Waals surface area (Å²) in [6, 6.07) is 5.42. The fraction of sp³-hybridized carbons (Fsp3) is 0.333. The zero-order valence-electron chi connectivity index (χ0n) is 9.48. The molecule has 2 N–H and O–H groups in total. The van der Waals surface area contributed by atoms with E-state index in [0.29, 0.717) is 12.8 Å². The van der Waals surface area contributed by atoms with Gasteiger partial charge in [-0.2, -0.15) is 13.2 Å². The van der Waals surface area contributed by atoms with Crippen molar-refractivity contribution >= 4 is 7.12 Å². The second-order valence-electron chi connectivity index (χ2n) is 4.47. The Kier molecular flexibility index (Phi) is 3.25. The summed E-state index contributed by atoms with van der Waals surface area (Å²) in [6.07, 6.45) is -1.76. The molecule has 0 amide bonds. The van der Waals surface area contributed by atoms with Crippen molar-refractivity contribution in [3.05, 3.63) is 47.4 Å². The molecule has 0 bridgehead atoms. The average Bonchev–Trinajstić information content (AvgIpc) is 3.06. The summed E-state index contributed by atoms with van der Waals surface area (Å²) in [5.41, 5.74) is -1.15. The van der Waals surface area contributed by atoms with Crippen LogP contribution in [-0.2, 0) is 11.6 Å². The molecule has 1 aromatic carbocycles. The molecule has 0 saturated heterocycles. The highest BCUT2D eigenvalue weighted by Crippen LogP contribution is 2.52. The molecule has 1 saturated carbocycles. The molecule has 6 heteroatoms. The third-order valence-corrected chi connectivity index (χ3v) is 3.14. The molecule has 1 aliphatic rings. The van der Waals surface area contributed by atoms with Gasteiger partial charge in [-0.15, -0.1) is 0 Å². The molecule has 0 heterocycles. The maximum absolute atomic E-state index is 12.9. The number of allylic oxidation sites excluding steroid dienone is 1. The second kappa shape index (κ2) is 4.44. The molecule has 2 rings (SSSR count). The maximum atomic E-state index is 12.9. The van der Waals surface area contributed by atoms with Crippen LogP contribution in [0.3, 0.4) is 0 Å². The zero-order valence-corrected chi connectivity index (χ0v) is 9.48. The Morgan fingerprint density at radius 3 is 2.28 bits per heavy atom. The van der Waals surface area contributed by atoms with Crippen molar-refractivity contribution in [1.29, 1.82) is 0 Å². The van der Waals surface area contributed by atoms with Crippen molar-refractivity contribution in [3.8, 4) is 0 Å². The van der Waals surface area contributed by atoms with Crippen molar-refractivity contribution in [2.24, 2.45) is 0 Å². The average molecular weight is 256 g/mol. The third-order valence-electron chi connectivity index (χ3n) is 3.14. The van der Waals surface area contributed by atoms with Gasteiger partial charge in [-0.3, -0.25) is 0 Å². The molecular formula is C12H12BF3O2. The molecule has 1 fully saturated rings. The Labute approximate surface area is 103 Å². The smallest absolute Gasteiger partial charge is 0.424 e. The van der Waals surface area contributed by atoms with Gasteiger partial charge in [0.2, 0.25) is 0 Å². The number of alkyl halides is 3. The van der Waals surface area contributed by atoms with Crippen LogP contribution in [0.4, 0.5) is 13.2 Å². The predicted octanol–water partition coefficient (Wildman–Crippen LogP) is 2.31. The normalized spacial score (nSPS) is 18.1. The molecule has 2 nitrogen and oxygen atoms in total. The fourth-order valence-corrected chi connectivity index (χ4v) is 2.10. The highest BCUT2D eigenvalue weighted by Gasteiger charge is 2.47. The van der Waals surface area contributed by atoms with E-state index in [1.165, 1.54) is 18.2 Å². The van der Waals surface area contributed by atoms with E-state index in [9.17, 15) is 13.2 Å². The van der Waals surface area contributed by atoms with E-state index in [1.807, 2.05) is 0 Å². The van der Waals surface area contributed by atoms with Crippen molar-refractivity contribution in [2.75, 3.05) is 0 Å². The van der Waals surface area contributed by atoms with E-state index in [4.69, 9.17) is 10.0 Å². The first-order valence-corrected chi connectivity index (χ1v) is 5.57. The minimum atomic E-state index is -4.39. The van der Waals surface area contributed by atoms with Crippen molar-refractivity contribution in [3.63, 3.8) is 0 Å². The molecule has 18 heavy (non-hydrogen) atoms. The lowest BCUT2D eigenvalue weighted by Gasteiger charge is -2.18. The highest BCUT2D eigenvalue weighted by molar-refractivity contribution is 6.47. The van der Waals surface area contributed by atoms with Crippen LogP contribution in [0.1, 0.15) is 24.0 Å². The first kappa shape index (κ1) is 13.2. The van der Waals surface area contributed by atoms with Gasteiger partial charge in [0, 0.05) is 5.41 Å². The number of rotatable bonds is 3. The first-order chi connectivity index (χ1) is 8.35. The Morgan fingerprint density at radius 2 is 1.78 bits per heavy atom. The molecule has 1 aromatic rings. The Bertz CT molecular complexity index is 465. The largest absolute Gasteiger partial charge is 0.480 e. The summed E-state index contributed by atoms with van der Waals surface area (Å²) < 4.78 is 38.6. The van der Waals surface area contributed by atoms with Crippen molar-refractivity contribution in [2.45, 2.75) is 24.4 Å². The monoisotopic (exact) mass is 256 g/mol. The van der Waals surface area contributed by atoms with Crippen LogP contribution in [0, 0.1) is 0 Å². The molecule has 0 aliphatic heterocycles. The van der Waals surface area contributed by atoms with Gasteiger partial charge in [0.05, 0.1) is 5.56 Å². The first-order valence-electron chi connectivity index (χ1n) is 5.57. The van der Waals surface area contributed by atoms with Crippen molar-refractivity contribution in [1.82, 2.24) is 0 Å². The number of hydrogen-bond acceptors (Lipinski definition) is 2. The Hall–Kier alpha value is -1.27. The lowest BCUT2D eigenvalue weighted by atomic mass is 9.84. The van der Waals surface area contributed by atoms with Gasteiger partial charge in [-0.25, -0.2) is 0 Å². The van der Waals surface area contributed by atoms with Crippen LogP contribution >= 0.6 is 0 Å². The summed E-state index contributed by atoms with van der Waals surface area (Å²) in [7, 11) is -1.64. The number of halogens is 3. The summed E-state index contributed by atoms with van der Waals surface area (Å²) in [6.45, 7) is 0. The molecule has 0 spiro atoms. The minimum absolute atomic E-state index is 0.203. The van der Waals surface area contributed by atoms with Crippen LogP contribution in [0.15, 0.2) is 36.3 Å². The number of benzene rings is 1. The summed E-state index contributed by atoms with van der Waals surface area (Å²) in [5.74, 6) is 1.11. The third kappa shape index (κ3) is 2.59. The van der Waals surface area contributed by atoms with Gasteiger partial charge < -0.3 is 10.0 Å². The highest BCUT2D eigenvalue weighted by atomic mass is 19.4. The molecule has 0 atom stereocenters. The standard InChI is InChI=1S/C12H12BF3O2/c14-12(15,16)10-4-2-1-3-9(10)11(5-6-11)7-8-13(17)18/h1-4,7-8,17-18H,5-6H2. The van der Waals surface area contributed by atoms with Crippen molar-refractivity contribution < 1.29 is 23.2 Å². The zero-order chi connectivity index (χ0) is 13.4. The van der Waals surface area contributed by atoms with Crippen LogP contribution < -0.4 is 0 Å². The van der Waals surface area contributed by atoms with E-state index in [1.54, 1.807) is 6.07 Å². The summed E-state index contributed by atoms with van der Waals surface area (Å²) in [4.78, 5) is 0. The van der Waals surface area contributed by atoms with Gasteiger partial charge in [0.1, 0.15) is 0 Å². The van der Waals surface area contributed by atoms with E-state index >= 15 is 0 Å². The summed E-state index contributed by atoms with van der Waals surface area (Å²) in [5, 5.41) is 17.5. The van der Waals surface area contributed by atoms with Crippen LogP contribution in [0.5, 0.6) is 0 Å². The number of hydrogen-bond donors (Lipinski definition) is 2. The van der Waals surface area contributed by atoms with E-state index in [0.717, 1.165) is 12.0 Å². The quantitative estimate of drug-likeness (QED) is 0.814. The molecule has 0 unspecified atom stereocenters. The lowest BCUT2D eigenvalue weighted by molar-refractivity contribution is -0.138. The van der Waals surface area contributed by atoms with E-state index < -0.39 is 24.3 Å². The van der Waals surface area contributed by atoms with E-state index in [-0.39, 0.29) is 5.56 Å².